The summed E-state index contributed by atoms with van der Waals surface area (Å²) in [5.41, 5.74) is 4.55. The molecule has 0 aliphatic heterocycles. The fourth-order valence-electron chi connectivity index (χ4n) is 5.78. The number of nitrogens with one attached hydrogen (secondary N) is 3. The molecule has 240 valence electrons. The van der Waals surface area contributed by atoms with Crippen LogP contribution < -0.4 is 20.3 Å². The summed E-state index contributed by atoms with van der Waals surface area (Å²) in [6, 6.07) is 30.6. The first-order chi connectivity index (χ1) is 22.0. The fourth-order valence-corrected chi connectivity index (χ4v) is 6.27. The number of hydrogen-bond donors (Lipinski definition) is 4. The molecule has 10 heteroatoms. The number of sulfonamides is 1. The number of fused-ring (bicyclic) bond motifs is 1. The molecule has 4 aromatic rings. The van der Waals surface area contributed by atoms with Crippen LogP contribution in [0, 0.1) is 0 Å². The Morgan fingerprint density at radius 3 is 2.11 bits per heavy atom. The highest BCUT2D eigenvalue weighted by Gasteiger charge is 2.31. The lowest BCUT2D eigenvalue weighted by Crippen LogP contribution is -2.45. The van der Waals surface area contributed by atoms with Gasteiger partial charge in [-0.05, 0) is 53.8 Å². The Balaban J connectivity index is 1.40. The Morgan fingerprint density at radius 1 is 0.870 bits per heavy atom. The van der Waals surface area contributed by atoms with Gasteiger partial charge in [0, 0.05) is 37.2 Å². The maximum atomic E-state index is 13.9. The van der Waals surface area contributed by atoms with Crippen LogP contribution in [0.4, 0.5) is 5.69 Å². The molecule has 46 heavy (non-hydrogen) atoms. The standard InChI is InChI=1S/C36H40N4O5S/c1-24(26-14-8-5-9-15-26)38-35(42)28-19-29(21-31(20-28)40(2)46(3,44)45)36(43)39-30(18-25-12-6-4-7-13-25)23-37-34-32-17-11-10-16-27(32)22-33(34)41/h4-17,19-21,24,30,33-34,37,41H,18,22-23H2,1-3H3,(H,38,42)(H,39,43)/t24-,30+,33-,34+/m1/s1. The summed E-state index contributed by atoms with van der Waals surface area (Å²) in [7, 11) is -2.30. The van der Waals surface area contributed by atoms with Crippen molar-refractivity contribution >= 4 is 27.5 Å². The van der Waals surface area contributed by atoms with E-state index in [0.717, 1.165) is 32.8 Å². The molecule has 4 N–H and O–H groups in total. The SMILES string of the molecule is C[C@@H](NC(=O)c1cc(C(=O)N[C@H](CN[C@H]2c3ccccc3C[C@H]2O)Cc2ccccc2)cc(N(C)S(C)(=O)=O)c1)c1ccccc1. The van der Waals surface area contributed by atoms with E-state index >= 15 is 0 Å². The third-order valence-corrected chi connectivity index (χ3v) is 9.60. The number of aliphatic hydroxyl groups is 1. The number of anilines is 1. The van der Waals surface area contributed by atoms with Gasteiger partial charge in [0.15, 0.2) is 0 Å². The van der Waals surface area contributed by atoms with Crippen molar-refractivity contribution in [3.05, 3.63) is 137 Å². The predicted molar refractivity (Wildman–Crippen MR) is 180 cm³/mol. The van der Waals surface area contributed by atoms with E-state index in [0.29, 0.717) is 19.4 Å². The molecular weight excluding hydrogens is 600 g/mol. The maximum absolute atomic E-state index is 13.9. The van der Waals surface area contributed by atoms with Gasteiger partial charge in [-0.1, -0.05) is 84.9 Å². The first-order valence-corrected chi connectivity index (χ1v) is 17.1. The topological polar surface area (TPSA) is 128 Å². The third kappa shape index (κ3) is 8.00. The molecule has 0 spiro atoms. The van der Waals surface area contributed by atoms with Gasteiger partial charge in [0.25, 0.3) is 11.8 Å². The molecule has 2 amide bonds. The summed E-state index contributed by atoms with van der Waals surface area (Å²) in [6.07, 6.45) is 1.54. The quantitative estimate of drug-likeness (QED) is 0.184. The maximum Gasteiger partial charge on any atom is 0.251 e. The van der Waals surface area contributed by atoms with Crippen molar-refractivity contribution < 1.29 is 23.1 Å². The van der Waals surface area contributed by atoms with Crippen molar-refractivity contribution in [1.29, 1.82) is 0 Å². The number of carbonyl (C=O) groups is 2. The van der Waals surface area contributed by atoms with E-state index in [2.05, 4.69) is 16.0 Å². The van der Waals surface area contributed by atoms with Crippen molar-refractivity contribution in [2.75, 3.05) is 24.2 Å². The van der Waals surface area contributed by atoms with Crippen LogP contribution in [0.5, 0.6) is 0 Å². The highest BCUT2D eigenvalue weighted by molar-refractivity contribution is 7.92. The monoisotopic (exact) mass is 640 g/mol. The van der Waals surface area contributed by atoms with Crippen molar-refractivity contribution in [3.8, 4) is 0 Å². The van der Waals surface area contributed by atoms with Crippen molar-refractivity contribution in [3.63, 3.8) is 0 Å². The van der Waals surface area contributed by atoms with Crippen LogP contribution >= 0.6 is 0 Å². The molecule has 0 unspecified atom stereocenters. The van der Waals surface area contributed by atoms with Gasteiger partial charge in [0.1, 0.15) is 0 Å². The van der Waals surface area contributed by atoms with E-state index in [9.17, 15) is 23.1 Å². The molecule has 4 aromatic carbocycles. The minimum atomic E-state index is -3.68. The van der Waals surface area contributed by atoms with Crippen LogP contribution in [0.3, 0.4) is 0 Å². The number of rotatable bonds is 12. The van der Waals surface area contributed by atoms with Gasteiger partial charge in [0.05, 0.1) is 30.1 Å². The first kappa shape index (κ1) is 32.9. The molecule has 9 nitrogen and oxygen atoms in total. The van der Waals surface area contributed by atoms with E-state index < -0.39 is 27.9 Å². The molecule has 0 aromatic heterocycles. The summed E-state index contributed by atoms with van der Waals surface area (Å²) >= 11 is 0. The molecule has 0 bridgehead atoms. The number of hydrogen-bond acceptors (Lipinski definition) is 6. The van der Waals surface area contributed by atoms with Crippen molar-refractivity contribution in [2.24, 2.45) is 0 Å². The second-order valence-corrected chi connectivity index (χ2v) is 13.8. The Morgan fingerprint density at radius 2 is 1.46 bits per heavy atom. The normalized spacial score (nSPS) is 17.0. The second kappa shape index (κ2) is 14.3. The van der Waals surface area contributed by atoms with Crippen LogP contribution in [0.25, 0.3) is 0 Å². The zero-order valence-electron chi connectivity index (χ0n) is 26.2. The second-order valence-electron chi connectivity index (χ2n) is 11.8. The average molecular weight is 641 g/mol. The van der Waals surface area contributed by atoms with E-state index in [1.807, 2.05) is 91.9 Å². The first-order valence-electron chi connectivity index (χ1n) is 15.3. The van der Waals surface area contributed by atoms with Gasteiger partial charge in [-0.3, -0.25) is 13.9 Å². The number of aliphatic hydroxyl groups excluding tert-OH is 1. The van der Waals surface area contributed by atoms with Gasteiger partial charge >= 0.3 is 0 Å². The molecule has 0 radical (unpaired) electrons. The summed E-state index contributed by atoms with van der Waals surface area (Å²) in [6.45, 7) is 2.22. The Kier molecular flexibility index (Phi) is 10.2. The van der Waals surface area contributed by atoms with Crippen molar-refractivity contribution in [1.82, 2.24) is 16.0 Å². The highest BCUT2D eigenvalue weighted by atomic mass is 32.2. The van der Waals surface area contributed by atoms with Gasteiger partial charge in [-0.2, -0.15) is 0 Å². The Hall–Kier alpha value is -4.51. The van der Waals surface area contributed by atoms with Gasteiger partial charge in [-0.15, -0.1) is 0 Å². The predicted octanol–water partition coefficient (Wildman–Crippen LogP) is 4.16. The minimum absolute atomic E-state index is 0.148. The van der Waals surface area contributed by atoms with E-state index in [-0.39, 0.29) is 34.9 Å². The third-order valence-electron chi connectivity index (χ3n) is 8.40. The van der Waals surface area contributed by atoms with Crippen molar-refractivity contribution in [2.45, 2.75) is 44.0 Å². The molecule has 0 fully saturated rings. The molecule has 1 aliphatic carbocycles. The summed E-state index contributed by atoms with van der Waals surface area (Å²) in [4.78, 5) is 27.3. The molecule has 4 atom stereocenters. The van der Waals surface area contributed by atoms with Crippen LogP contribution in [-0.4, -0.2) is 57.3 Å². The lowest BCUT2D eigenvalue weighted by molar-refractivity contribution is 0.0932. The number of amides is 2. The van der Waals surface area contributed by atoms with Gasteiger partial charge in [0.2, 0.25) is 10.0 Å². The van der Waals surface area contributed by atoms with Crippen LogP contribution in [-0.2, 0) is 22.9 Å². The average Bonchev–Trinajstić information content (AvgIpc) is 3.37. The zero-order valence-corrected chi connectivity index (χ0v) is 27.0. The molecule has 0 saturated carbocycles. The smallest absolute Gasteiger partial charge is 0.251 e. The van der Waals surface area contributed by atoms with Crippen LogP contribution in [0.1, 0.15) is 62.0 Å². The molecule has 0 saturated heterocycles. The van der Waals surface area contributed by atoms with E-state index in [1.165, 1.54) is 25.2 Å². The van der Waals surface area contributed by atoms with Gasteiger partial charge < -0.3 is 21.1 Å². The fraction of sp³-hybridized carbons (Fsp3) is 0.278. The molecule has 5 rings (SSSR count). The minimum Gasteiger partial charge on any atom is -0.391 e. The molecule has 0 heterocycles. The van der Waals surface area contributed by atoms with Crippen LogP contribution in [0.2, 0.25) is 0 Å². The van der Waals surface area contributed by atoms with E-state index in [1.54, 1.807) is 0 Å². The number of benzene rings is 4. The highest BCUT2D eigenvalue weighted by Crippen LogP contribution is 2.31. The van der Waals surface area contributed by atoms with E-state index in [4.69, 9.17) is 0 Å². The summed E-state index contributed by atoms with van der Waals surface area (Å²) in [5.74, 6) is -0.894. The number of nitrogens with zero attached hydrogens (tertiary/aromatic N) is 1. The van der Waals surface area contributed by atoms with Crippen LogP contribution in [0.15, 0.2) is 103 Å². The largest absolute Gasteiger partial charge is 0.391 e. The Labute approximate surface area is 270 Å². The Bertz CT molecular complexity index is 1780. The molecule has 1 aliphatic rings. The lowest BCUT2D eigenvalue weighted by Gasteiger charge is -2.25. The summed E-state index contributed by atoms with van der Waals surface area (Å²) < 4.78 is 26.0. The zero-order chi connectivity index (χ0) is 32.8. The molecular formula is C36H40N4O5S. The number of carbonyl (C=O) groups excluding carboxylic acids is 2. The summed E-state index contributed by atoms with van der Waals surface area (Å²) in [5, 5.41) is 20.3. The van der Waals surface area contributed by atoms with Gasteiger partial charge in [-0.25, -0.2) is 8.42 Å². The lowest BCUT2D eigenvalue weighted by atomic mass is 10.0.